The standard InChI is InChI=1S/C26H24N2O4S/c1-15-6-7-16(2)18(13-15)28-23(21-5-4-12-33-21)22(25(30)26(28)31)24(29)17-8-9-20-19(14-17)27(3)10-11-32-20/h4-9,12-14,23,29H,10-11H2,1-3H3/b24-22-. The molecule has 2 aliphatic rings. The molecule has 3 aromatic rings. The minimum atomic E-state index is -0.699. The van der Waals surface area contributed by atoms with Gasteiger partial charge in [-0.05, 0) is 60.7 Å². The molecule has 1 saturated heterocycles. The molecule has 1 fully saturated rings. The Bertz CT molecular complexity index is 1300. The molecular formula is C26H24N2O4S. The molecule has 168 valence electrons. The monoisotopic (exact) mass is 460 g/mol. The van der Waals surface area contributed by atoms with Crippen LogP contribution in [0.2, 0.25) is 0 Å². The van der Waals surface area contributed by atoms with Gasteiger partial charge in [-0.1, -0.05) is 18.2 Å². The third-order valence-electron chi connectivity index (χ3n) is 6.21. The number of hydrogen-bond acceptors (Lipinski definition) is 6. The van der Waals surface area contributed by atoms with Crippen LogP contribution in [0.25, 0.3) is 5.76 Å². The molecule has 33 heavy (non-hydrogen) atoms. The summed E-state index contributed by atoms with van der Waals surface area (Å²) in [5.74, 6) is -0.775. The van der Waals surface area contributed by atoms with Crippen molar-refractivity contribution in [1.29, 1.82) is 0 Å². The van der Waals surface area contributed by atoms with Gasteiger partial charge < -0.3 is 14.7 Å². The fraction of sp³-hybridized carbons (Fsp3) is 0.231. The van der Waals surface area contributed by atoms with Gasteiger partial charge in [0.25, 0.3) is 11.7 Å². The SMILES string of the molecule is Cc1ccc(C)c(N2C(=O)C(=O)/C(=C(\O)c3ccc4c(c3)N(C)CCO4)C2c2cccs2)c1. The lowest BCUT2D eigenvalue weighted by Gasteiger charge is -2.28. The van der Waals surface area contributed by atoms with E-state index < -0.39 is 17.7 Å². The molecule has 6 nitrogen and oxygen atoms in total. The first kappa shape index (κ1) is 21.3. The van der Waals surface area contributed by atoms with Crippen molar-refractivity contribution in [1.82, 2.24) is 0 Å². The summed E-state index contributed by atoms with van der Waals surface area (Å²) in [5.41, 5.74) is 3.96. The first-order valence-corrected chi connectivity index (χ1v) is 11.6. The van der Waals surface area contributed by atoms with Crippen molar-refractivity contribution in [2.75, 3.05) is 30.0 Å². The van der Waals surface area contributed by atoms with Crippen molar-refractivity contribution in [2.24, 2.45) is 0 Å². The number of nitrogens with zero attached hydrogens (tertiary/aromatic N) is 2. The van der Waals surface area contributed by atoms with Crippen molar-refractivity contribution in [3.63, 3.8) is 0 Å². The number of ketones is 1. The Hall–Kier alpha value is -3.58. The first-order valence-electron chi connectivity index (χ1n) is 10.8. The van der Waals surface area contributed by atoms with E-state index in [2.05, 4.69) is 0 Å². The van der Waals surface area contributed by atoms with Gasteiger partial charge in [0.2, 0.25) is 0 Å². The molecule has 2 aromatic carbocycles. The molecule has 5 rings (SSSR count). The topological polar surface area (TPSA) is 70.1 Å². The number of Topliss-reactive ketones (excluding diaryl/α,β-unsaturated/α-hetero) is 1. The van der Waals surface area contributed by atoms with E-state index in [0.717, 1.165) is 34.0 Å². The van der Waals surface area contributed by atoms with Crippen LogP contribution in [0.15, 0.2) is 59.5 Å². The third-order valence-corrected chi connectivity index (χ3v) is 7.13. The van der Waals surface area contributed by atoms with Crippen LogP contribution in [-0.2, 0) is 9.59 Å². The number of aliphatic hydroxyl groups is 1. The number of carbonyl (C=O) groups is 2. The predicted octanol–water partition coefficient (Wildman–Crippen LogP) is 4.82. The number of fused-ring (bicyclic) bond motifs is 1. The quantitative estimate of drug-likeness (QED) is 0.345. The second kappa shape index (κ2) is 8.08. The largest absolute Gasteiger partial charge is 0.507 e. The highest BCUT2D eigenvalue weighted by Gasteiger charge is 2.47. The van der Waals surface area contributed by atoms with Crippen LogP contribution >= 0.6 is 11.3 Å². The Labute approximate surface area is 196 Å². The summed E-state index contributed by atoms with van der Waals surface area (Å²) in [7, 11) is 1.95. The second-order valence-corrected chi connectivity index (χ2v) is 9.41. The number of aryl methyl sites for hydroxylation is 2. The first-order chi connectivity index (χ1) is 15.9. The number of aliphatic hydroxyl groups excluding tert-OH is 1. The molecule has 1 N–H and O–H groups in total. The number of ether oxygens (including phenoxy) is 1. The van der Waals surface area contributed by atoms with Crippen molar-refractivity contribution in [3.05, 3.63) is 81.1 Å². The van der Waals surface area contributed by atoms with E-state index in [-0.39, 0.29) is 11.3 Å². The van der Waals surface area contributed by atoms with Crippen molar-refractivity contribution in [2.45, 2.75) is 19.9 Å². The molecule has 0 bridgehead atoms. The predicted molar refractivity (Wildman–Crippen MR) is 130 cm³/mol. The third kappa shape index (κ3) is 3.49. The average molecular weight is 461 g/mol. The van der Waals surface area contributed by atoms with Gasteiger partial charge in [-0.2, -0.15) is 0 Å². The lowest BCUT2D eigenvalue weighted by atomic mass is 9.98. The molecule has 1 aromatic heterocycles. The minimum Gasteiger partial charge on any atom is -0.507 e. The molecule has 1 atom stereocenters. The van der Waals surface area contributed by atoms with E-state index in [0.29, 0.717) is 17.9 Å². The summed E-state index contributed by atoms with van der Waals surface area (Å²) >= 11 is 1.45. The normalized spacial score (nSPS) is 19.5. The number of carbonyl (C=O) groups excluding carboxylic acids is 2. The molecule has 3 heterocycles. The number of likely N-dealkylation sites (N-methyl/N-ethyl adjacent to an activating group) is 1. The van der Waals surface area contributed by atoms with Crippen molar-refractivity contribution < 1.29 is 19.4 Å². The zero-order valence-electron chi connectivity index (χ0n) is 18.7. The molecule has 2 aliphatic heterocycles. The number of hydrogen-bond donors (Lipinski definition) is 1. The summed E-state index contributed by atoms with van der Waals surface area (Å²) < 4.78 is 5.70. The van der Waals surface area contributed by atoms with Crippen LogP contribution in [0, 0.1) is 13.8 Å². The van der Waals surface area contributed by atoms with Crippen molar-refractivity contribution in [3.8, 4) is 5.75 Å². The molecule has 1 amide bonds. The highest BCUT2D eigenvalue weighted by Crippen LogP contribution is 2.45. The van der Waals surface area contributed by atoms with E-state index in [1.54, 1.807) is 18.2 Å². The van der Waals surface area contributed by atoms with Crippen molar-refractivity contribution >= 4 is 40.2 Å². The smallest absolute Gasteiger partial charge is 0.300 e. The number of anilines is 2. The Balaban J connectivity index is 1.70. The number of rotatable bonds is 3. The average Bonchev–Trinajstić information content (AvgIpc) is 3.42. The Kier molecular flexibility index (Phi) is 5.21. The Morgan fingerprint density at radius 2 is 1.91 bits per heavy atom. The highest BCUT2D eigenvalue weighted by atomic mass is 32.1. The van der Waals surface area contributed by atoms with Crippen LogP contribution in [0.4, 0.5) is 11.4 Å². The van der Waals surface area contributed by atoms with Gasteiger partial charge in [0.05, 0.1) is 17.8 Å². The van der Waals surface area contributed by atoms with Crippen LogP contribution < -0.4 is 14.5 Å². The summed E-state index contributed by atoms with van der Waals surface area (Å²) in [4.78, 5) is 31.0. The zero-order valence-corrected chi connectivity index (χ0v) is 19.5. The van der Waals surface area contributed by atoms with Gasteiger partial charge >= 0.3 is 0 Å². The summed E-state index contributed by atoms with van der Waals surface area (Å²) in [6.45, 7) is 5.18. The summed E-state index contributed by atoms with van der Waals surface area (Å²) in [6.07, 6.45) is 0. The minimum absolute atomic E-state index is 0.0997. The molecule has 1 unspecified atom stereocenters. The molecule has 0 aliphatic carbocycles. The highest BCUT2D eigenvalue weighted by molar-refractivity contribution is 7.10. The van der Waals surface area contributed by atoms with Crippen LogP contribution in [0.5, 0.6) is 5.75 Å². The van der Waals surface area contributed by atoms with E-state index in [9.17, 15) is 14.7 Å². The number of thiophene rings is 1. The van der Waals surface area contributed by atoms with Gasteiger partial charge in [0.15, 0.2) is 0 Å². The Morgan fingerprint density at radius 3 is 2.67 bits per heavy atom. The van der Waals surface area contributed by atoms with E-state index in [1.165, 1.54) is 16.2 Å². The van der Waals surface area contributed by atoms with Gasteiger partial charge in [-0.25, -0.2) is 0 Å². The molecular weight excluding hydrogens is 436 g/mol. The lowest BCUT2D eigenvalue weighted by molar-refractivity contribution is -0.132. The number of amides is 1. The summed E-state index contributed by atoms with van der Waals surface area (Å²) in [6, 6.07) is 14.2. The lowest BCUT2D eigenvalue weighted by Crippen LogP contribution is -2.29. The fourth-order valence-electron chi connectivity index (χ4n) is 4.43. The molecule has 7 heteroatoms. The van der Waals surface area contributed by atoms with E-state index in [1.807, 2.05) is 61.5 Å². The fourth-order valence-corrected chi connectivity index (χ4v) is 5.25. The number of benzene rings is 2. The van der Waals surface area contributed by atoms with Crippen LogP contribution in [-0.4, -0.2) is 37.0 Å². The molecule has 0 spiro atoms. The molecule has 0 radical (unpaired) electrons. The summed E-state index contributed by atoms with van der Waals surface area (Å²) in [5, 5.41) is 13.3. The Morgan fingerprint density at radius 1 is 1.09 bits per heavy atom. The van der Waals surface area contributed by atoms with Crippen LogP contribution in [0.1, 0.15) is 27.6 Å². The van der Waals surface area contributed by atoms with E-state index in [4.69, 9.17) is 4.74 Å². The zero-order chi connectivity index (χ0) is 23.3. The molecule has 0 saturated carbocycles. The van der Waals surface area contributed by atoms with Gasteiger partial charge in [0.1, 0.15) is 24.2 Å². The van der Waals surface area contributed by atoms with E-state index >= 15 is 0 Å². The maximum Gasteiger partial charge on any atom is 0.300 e. The van der Waals surface area contributed by atoms with Gasteiger partial charge in [0, 0.05) is 23.2 Å². The second-order valence-electron chi connectivity index (χ2n) is 8.43. The van der Waals surface area contributed by atoms with Gasteiger partial charge in [-0.3, -0.25) is 14.5 Å². The van der Waals surface area contributed by atoms with Gasteiger partial charge in [-0.15, -0.1) is 11.3 Å². The van der Waals surface area contributed by atoms with Crippen LogP contribution in [0.3, 0.4) is 0 Å². The maximum absolute atomic E-state index is 13.3. The maximum atomic E-state index is 13.3.